The van der Waals surface area contributed by atoms with Crippen LogP contribution in [-0.4, -0.2) is 67.2 Å². The Balaban J connectivity index is 0.000000419. The zero-order valence-electron chi connectivity index (χ0n) is 14.4. The van der Waals surface area contributed by atoms with Crippen LogP contribution in [0.4, 0.5) is 8.78 Å². The highest BCUT2D eigenvalue weighted by Gasteiger charge is 2.02. The third kappa shape index (κ3) is 17.6. The minimum absolute atomic E-state index is 0.0128. The first-order valence-electron chi connectivity index (χ1n) is 7.01. The lowest BCUT2D eigenvalue weighted by Gasteiger charge is -2.00. The molecule has 0 aliphatic heterocycles. The molecule has 27 heavy (non-hydrogen) atoms. The fraction of sp³-hybridized carbons (Fsp3) is 0.500. The van der Waals surface area contributed by atoms with Gasteiger partial charge in [0.2, 0.25) is 9.05 Å². The first-order valence-corrected chi connectivity index (χ1v) is 11.5. The number of nitrogens with zero attached hydrogens (tertiary/aromatic N) is 4. The molecule has 2 aromatic rings. The summed E-state index contributed by atoms with van der Waals surface area (Å²) in [5.41, 5.74) is 0. The van der Waals surface area contributed by atoms with Crippen molar-refractivity contribution in [2.24, 2.45) is 0 Å². The SMILES string of the molecule is CS(=O)(=O)Cl.CS(=O)(=O)OCCn1cc(F)cn1.OCCn1cc(F)cn1. The van der Waals surface area contributed by atoms with Gasteiger partial charge in [-0.2, -0.15) is 18.6 Å². The Bertz CT molecular complexity index is 877. The zero-order chi connectivity index (χ0) is 21.1. The van der Waals surface area contributed by atoms with Crippen molar-refractivity contribution in [3.8, 4) is 0 Å². The maximum atomic E-state index is 12.3. The van der Waals surface area contributed by atoms with Crippen molar-refractivity contribution >= 4 is 29.9 Å². The maximum Gasteiger partial charge on any atom is 0.264 e. The fourth-order valence-electron chi connectivity index (χ4n) is 1.31. The number of hydrogen-bond donors (Lipinski definition) is 1. The van der Waals surface area contributed by atoms with Crippen molar-refractivity contribution in [3.05, 3.63) is 36.4 Å². The molecule has 15 heteroatoms. The molecular weight excluding hydrogens is 434 g/mol. The normalized spacial score (nSPS) is 11.2. The average molecular weight is 453 g/mol. The fourth-order valence-corrected chi connectivity index (χ4v) is 1.68. The first-order chi connectivity index (χ1) is 12.3. The van der Waals surface area contributed by atoms with Crippen LogP contribution in [0.25, 0.3) is 0 Å². The molecule has 1 N–H and O–H groups in total. The van der Waals surface area contributed by atoms with Crippen LogP contribution in [0.5, 0.6) is 0 Å². The maximum absolute atomic E-state index is 12.3. The van der Waals surface area contributed by atoms with Crippen molar-refractivity contribution < 1.29 is 34.9 Å². The predicted octanol–water partition coefficient (Wildman–Crippen LogP) is 0.198. The standard InChI is InChI=1S/C6H9FN2O3S.C5H7FN2O.CH3ClO2S/c1-13(10,11)12-3-2-9-5-6(7)4-8-9;6-5-3-7-8(4-5)1-2-9;1-5(2,3)4/h4-5H,2-3H2,1H3;3-4,9H,1-2H2;1H3. The van der Waals surface area contributed by atoms with E-state index >= 15 is 0 Å². The van der Waals surface area contributed by atoms with Gasteiger partial charge in [0.25, 0.3) is 10.1 Å². The lowest BCUT2D eigenvalue weighted by Crippen LogP contribution is -2.10. The number of hydrogen-bond acceptors (Lipinski definition) is 8. The molecule has 0 aliphatic rings. The molecular formula is C12H19ClF2N4O6S2. The van der Waals surface area contributed by atoms with Crippen LogP contribution in [0.3, 0.4) is 0 Å². The molecule has 0 bridgehead atoms. The Hall–Kier alpha value is -1.61. The number of aliphatic hydroxyl groups is 1. The van der Waals surface area contributed by atoms with Crippen LogP contribution in [0.15, 0.2) is 24.8 Å². The number of aliphatic hydroxyl groups excluding tert-OH is 1. The third-order valence-electron chi connectivity index (χ3n) is 2.15. The summed E-state index contributed by atoms with van der Waals surface area (Å²) in [5, 5.41) is 15.5. The monoisotopic (exact) mass is 452 g/mol. The third-order valence-corrected chi connectivity index (χ3v) is 2.75. The second-order valence-electron chi connectivity index (χ2n) is 4.77. The molecule has 2 aromatic heterocycles. The smallest absolute Gasteiger partial charge is 0.264 e. The molecule has 0 atom stereocenters. The van der Waals surface area contributed by atoms with E-state index in [-0.39, 0.29) is 25.6 Å². The zero-order valence-corrected chi connectivity index (χ0v) is 16.8. The summed E-state index contributed by atoms with van der Waals surface area (Å²) in [7, 11) is -2.11. The van der Waals surface area contributed by atoms with Crippen LogP contribution in [0.1, 0.15) is 0 Å². The Kier molecular flexibility index (Phi) is 11.3. The summed E-state index contributed by atoms with van der Waals surface area (Å²) in [5.74, 6) is -0.831. The lowest BCUT2D eigenvalue weighted by molar-refractivity contribution is 0.269. The Morgan fingerprint density at radius 1 is 1.04 bits per heavy atom. The topological polar surface area (TPSA) is 133 Å². The highest BCUT2D eigenvalue weighted by molar-refractivity contribution is 8.13. The van der Waals surface area contributed by atoms with E-state index in [1.54, 1.807) is 0 Å². The van der Waals surface area contributed by atoms with Crippen LogP contribution in [0.2, 0.25) is 0 Å². The summed E-state index contributed by atoms with van der Waals surface area (Å²) >= 11 is 0. The second-order valence-corrected chi connectivity index (χ2v) is 9.46. The molecule has 0 unspecified atom stereocenters. The minimum atomic E-state index is -3.42. The van der Waals surface area contributed by atoms with E-state index < -0.39 is 25.0 Å². The highest BCUT2D eigenvalue weighted by atomic mass is 35.7. The van der Waals surface area contributed by atoms with Crippen molar-refractivity contribution in [3.63, 3.8) is 0 Å². The molecule has 0 fully saturated rings. The van der Waals surface area contributed by atoms with E-state index in [0.29, 0.717) is 6.54 Å². The summed E-state index contributed by atoms with van der Waals surface area (Å²) in [6.07, 6.45) is 6.42. The van der Waals surface area contributed by atoms with Gasteiger partial charge in [-0.3, -0.25) is 13.5 Å². The molecule has 10 nitrogen and oxygen atoms in total. The summed E-state index contributed by atoms with van der Waals surface area (Å²) in [4.78, 5) is 0. The highest BCUT2D eigenvalue weighted by Crippen LogP contribution is 1.95. The minimum Gasteiger partial charge on any atom is -0.394 e. The first kappa shape index (κ1) is 25.4. The van der Waals surface area contributed by atoms with E-state index in [9.17, 15) is 25.6 Å². The quantitative estimate of drug-likeness (QED) is 0.485. The van der Waals surface area contributed by atoms with Crippen LogP contribution < -0.4 is 0 Å². The summed E-state index contributed by atoms with van der Waals surface area (Å²) in [6.45, 7) is 0.502. The molecule has 2 rings (SSSR count). The van der Waals surface area contributed by atoms with Crippen LogP contribution >= 0.6 is 10.7 Å². The van der Waals surface area contributed by atoms with Gasteiger partial charge in [0.15, 0.2) is 11.6 Å². The van der Waals surface area contributed by atoms with Gasteiger partial charge in [-0.05, 0) is 0 Å². The summed E-state index contributed by atoms with van der Waals surface area (Å²) in [6, 6.07) is 0. The molecule has 0 saturated carbocycles. The lowest BCUT2D eigenvalue weighted by atomic mass is 10.6. The molecule has 156 valence electrons. The number of halogens is 3. The average Bonchev–Trinajstić information content (AvgIpc) is 3.06. The molecule has 0 spiro atoms. The number of aromatic nitrogens is 4. The van der Waals surface area contributed by atoms with Crippen molar-refractivity contribution in [1.29, 1.82) is 0 Å². The van der Waals surface area contributed by atoms with Gasteiger partial charge in [0.05, 0.1) is 63.6 Å². The van der Waals surface area contributed by atoms with E-state index in [1.165, 1.54) is 15.6 Å². The van der Waals surface area contributed by atoms with Gasteiger partial charge in [-0.25, -0.2) is 17.2 Å². The molecule has 0 aromatic carbocycles. The van der Waals surface area contributed by atoms with E-state index in [0.717, 1.165) is 31.1 Å². The van der Waals surface area contributed by atoms with Gasteiger partial charge in [-0.1, -0.05) is 0 Å². The Morgan fingerprint density at radius 2 is 1.44 bits per heavy atom. The van der Waals surface area contributed by atoms with Crippen molar-refractivity contribution in [2.45, 2.75) is 13.1 Å². The van der Waals surface area contributed by atoms with Gasteiger partial charge in [-0.15, -0.1) is 0 Å². The van der Waals surface area contributed by atoms with E-state index in [2.05, 4.69) is 25.1 Å². The molecule has 0 aliphatic carbocycles. The van der Waals surface area contributed by atoms with Gasteiger partial charge >= 0.3 is 0 Å². The molecule has 0 radical (unpaired) electrons. The molecule has 0 amide bonds. The van der Waals surface area contributed by atoms with Crippen LogP contribution in [0, 0.1) is 11.6 Å². The number of rotatable bonds is 6. The molecule has 0 saturated heterocycles. The molecule has 2 heterocycles. The predicted molar refractivity (Wildman–Crippen MR) is 92.9 cm³/mol. The van der Waals surface area contributed by atoms with Crippen LogP contribution in [-0.2, 0) is 36.4 Å². The van der Waals surface area contributed by atoms with Crippen molar-refractivity contribution in [1.82, 2.24) is 19.6 Å². The van der Waals surface area contributed by atoms with E-state index in [1.807, 2.05) is 0 Å². The van der Waals surface area contributed by atoms with E-state index in [4.69, 9.17) is 5.11 Å². The Labute approximate surface area is 159 Å². The van der Waals surface area contributed by atoms with Gasteiger partial charge in [0.1, 0.15) is 0 Å². The summed E-state index contributed by atoms with van der Waals surface area (Å²) < 4.78 is 71.3. The van der Waals surface area contributed by atoms with Gasteiger partial charge < -0.3 is 5.11 Å². The Morgan fingerprint density at radius 3 is 1.74 bits per heavy atom. The van der Waals surface area contributed by atoms with Crippen molar-refractivity contribution in [2.75, 3.05) is 25.7 Å². The van der Waals surface area contributed by atoms with Gasteiger partial charge in [0, 0.05) is 10.7 Å². The largest absolute Gasteiger partial charge is 0.394 e. The second kappa shape index (κ2) is 12.0.